The van der Waals surface area contributed by atoms with Crippen LogP contribution < -0.4 is 9.80 Å². The summed E-state index contributed by atoms with van der Waals surface area (Å²) in [7, 11) is 0. The third kappa shape index (κ3) is 5.79. The topological polar surface area (TPSA) is 31.2 Å². The Morgan fingerprint density at radius 2 is 0.600 bits per heavy atom. The van der Waals surface area contributed by atoms with Crippen LogP contribution in [-0.4, -0.2) is 33.8 Å². The zero-order valence-corrected chi connectivity index (χ0v) is 36.0. The van der Waals surface area contributed by atoms with Gasteiger partial charge in [-0.2, -0.15) is 0 Å². The van der Waals surface area contributed by atoms with Gasteiger partial charge in [-0.1, -0.05) is 133 Å². The van der Waals surface area contributed by atoms with E-state index < -0.39 is 0 Å². The smallest absolute Gasteiger partial charge is 0.136 e. The van der Waals surface area contributed by atoms with Crippen LogP contribution in [0.3, 0.4) is 0 Å². The van der Waals surface area contributed by atoms with Gasteiger partial charge in [-0.25, -0.2) is 0 Å². The molecule has 0 bridgehead atoms. The van der Waals surface area contributed by atoms with Crippen LogP contribution in [0.25, 0.3) is 54.6 Å². The van der Waals surface area contributed by atoms with E-state index in [1.54, 1.807) is 0 Å². The quantitative estimate of drug-likeness (QED) is 0.157. The van der Waals surface area contributed by atoms with Crippen molar-refractivity contribution in [3.8, 4) is 22.3 Å². The molecule has 0 aromatic heterocycles. The summed E-state index contributed by atoms with van der Waals surface area (Å²) in [6.07, 6.45) is 0. The van der Waals surface area contributed by atoms with E-state index in [-0.39, 0.29) is 22.2 Å². The Bertz CT molecular complexity index is 2780. The first-order valence-corrected chi connectivity index (χ1v) is 21.3. The van der Waals surface area contributed by atoms with Gasteiger partial charge in [0.1, 0.15) is 11.7 Å². The number of para-hydroxylation sites is 2. The number of rotatable bonds is 6. The Labute approximate surface area is 354 Å². The zero-order chi connectivity index (χ0) is 41.6. The van der Waals surface area contributed by atoms with E-state index in [2.05, 4.69) is 235 Å². The van der Waals surface area contributed by atoms with Crippen LogP contribution in [0, 0.1) is 0 Å². The summed E-state index contributed by atoms with van der Waals surface area (Å²) >= 11 is 0. The summed E-state index contributed by atoms with van der Waals surface area (Å²) in [6.45, 7) is 18.1. The van der Waals surface area contributed by atoms with E-state index in [9.17, 15) is 0 Å². The minimum atomic E-state index is -0.254. The van der Waals surface area contributed by atoms with Gasteiger partial charge < -0.3 is 9.80 Å². The lowest BCUT2D eigenvalue weighted by Crippen LogP contribution is -2.53. The standard InChI is InChI=1S/C56H52N4/c1-53(2)55(5,6)59(43-17-11-9-12-18-43)51(57-53)39-27-23-37(24-28-39)41-31-33-47-48-34-32-42(36-50(48)46-22-16-15-21-45(46)49(47)35-41)38-25-29-40(30-26-38)52-58-54(3,4)56(7,8)60(52)44-19-13-10-14-20-44/h9-36H,1-8H3. The molecule has 0 saturated carbocycles. The third-order valence-electron chi connectivity index (χ3n) is 14.1. The van der Waals surface area contributed by atoms with Crippen molar-refractivity contribution in [3.05, 3.63) is 181 Å². The number of aliphatic imine (C=N–C) groups is 2. The molecular formula is C56H52N4. The molecular weight excluding hydrogens is 729 g/mol. The molecule has 0 N–H and O–H groups in total. The lowest BCUT2D eigenvalue weighted by molar-refractivity contribution is 0.338. The van der Waals surface area contributed by atoms with Gasteiger partial charge in [0.15, 0.2) is 0 Å². The Kier molecular flexibility index (Phi) is 8.49. The minimum Gasteiger partial charge on any atom is -0.318 e. The molecule has 0 saturated heterocycles. The largest absolute Gasteiger partial charge is 0.318 e. The predicted octanol–water partition coefficient (Wildman–Crippen LogP) is 14.1. The van der Waals surface area contributed by atoms with E-state index in [4.69, 9.17) is 9.98 Å². The average Bonchev–Trinajstić information content (AvgIpc) is 3.58. The fourth-order valence-electron chi connectivity index (χ4n) is 9.35. The summed E-state index contributed by atoms with van der Waals surface area (Å²) < 4.78 is 0. The van der Waals surface area contributed by atoms with Crippen molar-refractivity contribution < 1.29 is 0 Å². The first-order chi connectivity index (χ1) is 28.7. The van der Waals surface area contributed by atoms with Gasteiger partial charge in [0, 0.05) is 22.5 Å². The highest BCUT2D eigenvalue weighted by Gasteiger charge is 2.50. The van der Waals surface area contributed by atoms with Crippen molar-refractivity contribution in [1.29, 1.82) is 0 Å². The van der Waals surface area contributed by atoms with Crippen LogP contribution in [-0.2, 0) is 0 Å². The van der Waals surface area contributed by atoms with Crippen molar-refractivity contribution >= 4 is 55.4 Å². The molecule has 0 amide bonds. The van der Waals surface area contributed by atoms with Gasteiger partial charge in [-0.15, -0.1) is 0 Å². The Morgan fingerprint density at radius 3 is 0.967 bits per heavy atom. The molecule has 0 fully saturated rings. The molecule has 2 aliphatic rings. The molecule has 0 aliphatic carbocycles. The van der Waals surface area contributed by atoms with Crippen molar-refractivity contribution in [1.82, 2.24) is 0 Å². The van der Waals surface area contributed by atoms with Crippen LogP contribution in [0.2, 0.25) is 0 Å². The molecule has 2 heterocycles. The number of benzene rings is 8. The minimum absolute atomic E-state index is 0.193. The summed E-state index contributed by atoms with van der Waals surface area (Å²) in [6, 6.07) is 62.1. The number of nitrogens with zero attached hydrogens (tertiary/aromatic N) is 4. The first-order valence-electron chi connectivity index (χ1n) is 21.3. The lowest BCUT2D eigenvalue weighted by Gasteiger charge is -2.41. The molecule has 0 spiro atoms. The number of fused-ring (bicyclic) bond motifs is 6. The molecule has 8 aromatic carbocycles. The normalized spacial score (nSPS) is 17.7. The van der Waals surface area contributed by atoms with E-state index in [1.165, 1.54) is 54.6 Å². The van der Waals surface area contributed by atoms with Crippen molar-refractivity contribution in [2.24, 2.45) is 9.98 Å². The molecule has 0 unspecified atom stereocenters. The molecule has 60 heavy (non-hydrogen) atoms. The second kappa shape index (κ2) is 13.5. The Balaban J connectivity index is 0.994. The predicted molar refractivity (Wildman–Crippen MR) is 257 cm³/mol. The van der Waals surface area contributed by atoms with Gasteiger partial charge >= 0.3 is 0 Å². The highest BCUT2D eigenvalue weighted by Crippen LogP contribution is 2.45. The molecule has 296 valence electrons. The van der Waals surface area contributed by atoms with Gasteiger partial charge in [0.05, 0.1) is 22.2 Å². The van der Waals surface area contributed by atoms with Crippen LogP contribution in [0.15, 0.2) is 180 Å². The van der Waals surface area contributed by atoms with Gasteiger partial charge in [0.2, 0.25) is 0 Å². The van der Waals surface area contributed by atoms with Crippen LogP contribution in [0.4, 0.5) is 11.4 Å². The number of amidine groups is 2. The second-order valence-corrected chi connectivity index (χ2v) is 18.7. The van der Waals surface area contributed by atoms with Gasteiger partial charge in [-0.3, -0.25) is 9.98 Å². The lowest BCUT2D eigenvalue weighted by atomic mass is 9.83. The third-order valence-corrected chi connectivity index (χ3v) is 14.1. The van der Waals surface area contributed by atoms with Crippen molar-refractivity contribution in [2.75, 3.05) is 9.80 Å². The second-order valence-electron chi connectivity index (χ2n) is 18.7. The maximum Gasteiger partial charge on any atom is 0.136 e. The van der Waals surface area contributed by atoms with Crippen LogP contribution >= 0.6 is 0 Å². The van der Waals surface area contributed by atoms with Crippen molar-refractivity contribution in [2.45, 2.75) is 77.5 Å². The Morgan fingerprint density at radius 1 is 0.300 bits per heavy atom. The highest BCUT2D eigenvalue weighted by atomic mass is 15.3. The summed E-state index contributed by atoms with van der Waals surface area (Å²) in [5, 5.41) is 7.59. The van der Waals surface area contributed by atoms with Crippen LogP contribution in [0.5, 0.6) is 0 Å². The highest BCUT2D eigenvalue weighted by molar-refractivity contribution is 6.26. The van der Waals surface area contributed by atoms with Crippen LogP contribution in [0.1, 0.15) is 66.5 Å². The molecule has 4 heteroatoms. The first kappa shape index (κ1) is 37.7. The van der Waals surface area contributed by atoms with E-state index in [0.29, 0.717) is 0 Å². The van der Waals surface area contributed by atoms with E-state index >= 15 is 0 Å². The average molecular weight is 781 g/mol. The summed E-state index contributed by atoms with van der Waals surface area (Å²) in [5.74, 6) is 2.03. The molecule has 0 radical (unpaired) electrons. The van der Waals surface area contributed by atoms with Gasteiger partial charge in [-0.05, 0) is 146 Å². The number of hydrogen-bond donors (Lipinski definition) is 0. The summed E-state index contributed by atoms with van der Waals surface area (Å²) in [4.78, 5) is 15.4. The Hall–Kier alpha value is -6.52. The molecule has 8 aromatic rings. The molecule has 0 atom stereocenters. The maximum absolute atomic E-state index is 5.31. The number of hydrogen-bond acceptors (Lipinski definition) is 4. The summed E-state index contributed by atoms with van der Waals surface area (Å²) in [5.41, 5.74) is 8.46. The fourth-order valence-corrected chi connectivity index (χ4v) is 9.35. The fraction of sp³-hybridized carbons (Fsp3) is 0.214. The molecule has 4 nitrogen and oxygen atoms in total. The maximum atomic E-state index is 5.31. The molecule has 10 rings (SSSR count). The number of anilines is 2. The zero-order valence-electron chi connectivity index (χ0n) is 36.0. The monoisotopic (exact) mass is 780 g/mol. The van der Waals surface area contributed by atoms with Gasteiger partial charge in [0.25, 0.3) is 0 Å². The SMILES string of the molecule is CC1(C)N=C(c2ccc(-c3ccc4c5ccc(-c6ccc(C7=NC(C)(C)C(C)(C)N7c7ccccc7)cc6)cc5c5ccccc5c4c3)cc2)N(c2ccccc2)C1(C)C. The van der Waals surface area contributed by atoms with Crippen molar-refractivity contribution in [3.63, 3.8) is 0 Å². The van der Waals surface area contributed by atoms with E-state index in [0.717, 1.165) is 34.2 Å². The van der Waals surface area contributed by atoms with E-state index in [1.807, 2.05) is 0 Å². The molecule has 2 aliphatic heterocycles.